The molecule has 1 fully saturated rings. The number of carbonyl (C=O) groups excluding carboxylic acids is 1. The van der Waals surface area contributed by atoms with Gasteiger partial charge in [-0.25, -0.2) is 22.9 Å². The van der Waals surface area contributed by atoms with Gasteiger partial charge in [-0.05, 0) is 25.0 Å². The maximum atomic E-state index is 12.5. The number of sulfonamides is 1. The lowest BCUT2D eigenvalue weighted by Crippen LogP contribution is -2.50. The number of rotatable bonds is 4. The molecule has 0 aliphatic carbocycles. The molecule has 10 heteroatoms. The van der Waals surface area contributed by atoms with Crippen LogP contribution in [0, 0.1) is 0 Å². The van der Waals surface area contributed by atoms with Crippen molar-refractivity contribution < 1.29 is 13.2 Å². The van der Waals surface area contributed by atoms with Gasteiger partial charge in [0, 0.05) is 48.2 Å². The van der Waals surface area contributed by atoms with Crippen molar-refractivity contribution in [3.63, 3.8) is 0 Å². The van der Waals surface area contributed by atoms with Crippen LogP contribution in [0.3, 0.4) is 0 Å². The average molecular weight is 420 g/mol. The van der Waals surface area contributed by atoms with E-state index in [1.807, 2.05) is 46.4 Å². The van der Waals surface area contributed by atoms with Crippen LogP contribution < -0.4 is 10.0 Å². The van der Waals surface area contributed by atoms with Crippen molar-refractivity contribution in [2.45, 2.75) is 18.9 Å². The molecule has 3 heterocycles. The molecule has 0 saturated carbocycles. The van der Waals surface area contributed by atoms with E-state index in [4.69, 9.17) is 0 Å². The number of hydrogen-bond donors (Lipinski definition) is 2. The molecule has 2 aromatic heterocycles. The molecule has 1 saturated heterocycles. The van der Waals surface area contributed by atoms with Gasteiger partial charge in [0.15, 0.2) is 4.96 Å². The van der Waals surface area contributed by atoms with E-state index in [1.165, 1.54) is 0 Å². The summed E-state index contributed by atoms with van der Waals surface area (Å²) in [6.07, 6.45) is 6.57. The first kappa shape index (κ1) is 18.9. The Hall–Kier alpha value is -2.43. The Balaban J connectivity index is 1.39. The van der Waals surface area contributed by atoms with Gasteiger partial charge in [0.2, 0.25) is 10.0 Å². The summed E-state index contributed by atoms with van der Waals surface area (Å²) in [6, 6.07) is 7.06. The Bertz CT molecular complexity index is 1060. The fourth-order valence-corrected chi connectivity index (χ4v) is 4.85. The number of nitrogens with one attached hydrogen (secondary N) is 2. The number of hydrogen-bond acceptors (Lipinski definition) is 5. The van der Waals surface area contributed by atoms with Crippen LogP contribution in [-0.2, 0) is 10.0 Å². The van der Waals surface area contributed by atoms with Crippen molar-refractivity contribution >= 4 is 38.0 Å². The molecule has 2 amide bonds. The van der Waals surface area contributed by atoms with Crippen molar-refractivity contribution in [2.24, 2.45) is 0 Å². The van der Waals surface area contributed by atoms with E-state index in [0.29, 0.717) is 18.8 Å². The first-order valence-corrected chi connectivity index (χ1v) is 11.7. The molecule has 0 spiro atoms. The molecule has 4 rings (SSSR count). The van der Waals surface area contributed by atoms with Crippen LogP contribution >= 0.6 is 11.3 Å². The molecule has 1 aliphatic heterocycles. The van der Waals surface area contributed by atoms with Gasteiger partial charge >= 0.3 is 6.03 Å². The lowest BCUT2D eigenvalue weighted by atomic mass is 10.1. The topological polar surface area (TPSA) is 95.8 Å². The Labute approximate surface area is 167 Å². The third-order valence-corrected chi connectivity index (χ3v) is 6.15. The first-order chi connectivity index (χ1) is 13.4. The van der Waals surface area contributed by atoms with E-state index in [1.54, 1.807) is 16.2 Å². The molecule has 8 nitrogen and oxygen atoms in total. The van der Waals surface area contributed by atoms with Gasteiger partial charge in [0.05, 0.1) is 11.9 Å². The van der Waals surface area contributed by atoms with Crippen LogP contribution in [0.2, 0.25) is 0 Å². The van der Waals surface area contributed by atoms with Crippen molar-refractivity contribution in [3.8, 4) is 11.3 Å². The summed E-state index contributed by atoms with van der Waals surface area (Å²) in [5.74, 6) is 0. The third-order valence-electron chi connectivity index (χ3n) is 4.61. The van der Waals surface area contributed by atoms with Crippen molar-refractivity contribution in [1.82, 2.24) is 19.0 Å². The summed E-state index contributed by atoms with van der Waals surface area (Å²) < 4.78 is 27.4. The van der Waals surface area contributed by atoms with Gasteiger partial charge in [0.25, 0.3) is 0 Å². The number of likely N-dealkylation sites (tertiary alicyclic amines) is 1. The summed E-state index contributed by atoms with van der Waals surface area (Å²) in [5.41, 5.74) is 2.55. The number of aromatic nitrogens is 2. The maximum absolute atomic E-state index is 12.5. The standard InChI is InChI=1S/C18H21N5O3S2/c1-28(25,26)21-15-3-2-8-22(11-15)17(24)19-14-6-4-13(5-7-14)16-12-23-9-10-27-18(23)20-16/h4-7,9-10,12,15,21H,2-3,8,11H2,1H3,(H,19,24)/t15-/m0/s1. The molecule has 3 aromatic rings. The number of imidazole rings is 1. The predicted molar refractivity (Wildman–Crippen MR) is 110 cm³/mol. The number of piperidine rings is 1. The Morgan fingerprint density at radius 1 is 1.29 bits per heavy atom. The summed E-state index contributed by atoms with van der Waals surface area (Å²) in [7, 11) is -3.28. The second-order valence-corrected chi connectivity index (χ2v) is 9.55. The van der Waals surface area contributed by atoms with Crippen LogP contribution in [0.15, 0.2) is 42.0 Å². The highest BCUT2D eigenvalue weighted by molar-refractivity contribution is 7.88. The quantitative estimate of drug-likeness (QED) is 0.679. The molecule has 1 atom stereocenters. The summed E-state index contributed by atoms with van der Waals surface area (Å²) in [5, 5.41) is 4.87. The third kappa shape index (κ3) is 4.34. The lowest BCUT2D eigenvalue weighted by Gasteiger charge is -2.32. The van der Waals surface area contributed by atoms with E-state index in [9.17, 15) is 13.2 Å². The molecule has 2 N–H and O–H groups in total. The molecule has 1 aromatic carbocycles. The zero-order valence-corrected chi connectivity index (χ0v) is 17.0. The molecule has 0 unspecified atom stereocenters. The zero-order chi connectivity index (χ0) is 19.7. The average Bonchev–Trinajstić information content (AvgIpc) is 3.23. The number of carbonyl (C=O) groups is 1. The number of anilines is 1. The highest BCUT2D eigenvalue weighted by Crippen LogP contribution is 2.23. The van der Waals surface area contributed by atoms with Crippen LogP contribution in [-0.4, -0.2) is 54.1 Å². The Kier molecular flexibility index (Phi) is 5.09. The highest BCUT2D eigenvalue weighted by atomic mass is 32.2. The SMILES string of the molecule is CS(=O)(=O)N[C@H]1CCCN(C(=O)Nc2ccc(-c3cn4ccsc4n3)cc2)C1. The second kappa shape index (κ2) is 7.53. The minimum Gasteiger partial charge on any atom is -0.323 e. The fourth-order valence-electron chi connectivity index (χ4n) is 3.35. The molecule has 1 aliphatic rings. The van der Waals surface area contributed by atoms with Gasteiger partial charge in [-0.15, -0.1) is 11.3 Å². The maximum Gasteiger partial charge on any atom is 0.321 e. The van der Waals surface area contributed by atoms with Crippen LogP contribution in [0.4, 0.5) is 10.5 Å². The molecule has 0 radical (unpaired) electrons. The number of benzene rings is 1. The number of nitrogens with zero attached hydrogens (tertiary/aromatic N) is 3. The summed E-state index contributed by atoms with van der Waals surface area (Å²) in [4.78, 5) is 19.7. The molecular weight excluding hydrogens is 398 g/mol. The number of fused-ring (bicyclic) bond motifs is 1. The summed E-state index contributed by atoms with van der Waals surface area (Å²) in [6.45, 7) is 0.972. The van der Waals surface area contributed by atoms with Gasteiger partial charge in [-0.2, -0.15) is 0 Å². The van der Waals surface area contributed by atoms with Crippen LogP contribution in [0.25, 0.3) is 16.2 Å². The summed E-state index contributed by atoms with van der Waals surface area (Å²) >= 11 is 1.58. The van der Waals surface area contributed by atoms with Gasteiger partial charge in [-0.3, -0.25) is 4.40 Å². The number of amides is 2. The second-order valence-electron chi connectivity index (χ2n) is 6.90. The Morgan fingerprint density at radius 3 is 2.79 bits per heavy atom. The largest absolute Gasteiger partial charge is 0.323 e. The minimum atomic E-state index is -3.28. The normalized spacial score (nSPS) is 17.8. The molecule has 0 bridgehead atoms. The van der Waals surface area contributed by atoms with E-state index in [0.717, 1.165) is 35.3 Å². The van der Waals surface area contributed by atoms with Gasteiger partial charge < -0.3 is 10.2 Å². The zero-order valence-electron chi connectivity index (χ0n) is 15.3. The molecular formula is C18H21N5O3S2. The lowest BCUT2D eigenvalue weighted by molar-refractivity contribution is 0.190. The smallest absolute Gasteiger partial charge is 0.321 e. The van der Waals surface area contributed by atoms with E-state index in [2.05, 4.69) is 15.0 Å². The van der Waals surface area contributed by atoms with E-state index < -0.39 is 10.0 Å². The predicted octanol–water partition coefficient (Wildman–Crippen LogP) is 2.61. The van der Waals surface area contributed by atoms with Crippen LogP contribution in [0.5, 0.6) is 0 Å². The van der Waals surface area contributed by atoms with Gasteiger partial charge in [-0.1, -0.05) is 12.1 Å². The van der Waals surface area contributed by atoms with Crippen molar-refractivity contribution in [1.29, 1.82) is 0 Å². The number of thiazole rings is 1. The first-order valence-electron chi connectivity index (χ1n) is 8.93. The van der Waals surface area contributed by atoms with Crippen molar-refractivity contribution in [2.75, 3.05) is 24.7 Å². The Morgan fingerprint density at radius 2 is 2.07 bits per heavy atom. The van der Waals surface area contributed by atoms with Gasteiger partial charge in [0.1, 0.15) is 0 Å². The monoisotopic (exact) mass is 419 g/mol. The number of urea groups is 1. The molecule has 148 valence electrons. The van der Waals surface area contributed by atoms with Crippen LogP contribution in [0.1, 0.15) is 12.8 Å². The minimum absolute atomic E-state index is 0.227. The fraction of sp³-hybridized carbons (Fsp3) is 0.333. The highest BCUT2D eigenvalue weighted by Gasteiger charge is 2.25. The van der Waals surface area contributed by atoms with E-state index in [-0.39, 0.29) is 12.1 Å². The van der Waals surface area contributed by atoms with Crippen molar-refractivity contribution in [3.05, 3.63) is 42.0 Å². The van der Waals surface area contributed by atoms with E-state index >= 15 is 0 Å². The molecule has 28 heavy (non-hydrogen) atoms.